The lowest BCUT2D eigenvalue weighted by atomic mass is 10.1. The van der Waals surface area contributed by atoms with Gasteiger partial charge in [-0.1, -0.05) is 37.6 Å². The van der Waals surface area contributed by atoms with Gasteiger partial charge in [0.1, 0.15) is 0 Å². The standard InChI is InChI=1S/C12H16ClNO2/c1-8(2)12(16)14-6-9-3-4-11(13)10(5-9)7-15/h3-5,8,15H,6-7H2,1-2H3,(H,14,16). The number of rotatable bonds is 4. The fourth-order valence-corrected chi connectivity index (χ4v) is 1.43. The Hall–Kier alpha value is -1.06. The number of hydrogen-bond donors (Lipinski definition) is 2. The molecular formula is C12H16ClNO2. The van der Waals surface area contributed by atoms with Crippen LogP contribution in [-0.2, 0) is 17.9 Å². The van der Waals surface area contributed by atoms with Gasteiger partial charge in [-0.05, 0) is 17.2 Å². The predicted octanol–water partition coefficient (Wildman–Crippen LogP) is 2.10. The Balaban J connectivity index is 2.64. The summed E-state index contributed by atoms with van der Waals surface area (Å²) in [5.74, 6) is -0.00916. The van der Waals surface area contributed by atoms with Gasteiger partial charge in [0, 0.05) is 17.5 Å². The third-order valence-electron chi connectivity index (χ3n) is 2.27. The minimum Gasteiger partial charge on any atom is -0.392 e. The first kappa shape index (κ1) is 13.0. The lowest BCUT2D eigenvalue weighted by molar-refractivity contribution is -0.124. The third kappa shape index (κ3) is 3.51. The Morgan fingerprint density at radius 1 is 1.50 bits per heavy atom. The zero-order valence-corrected chi connectivity index (χ0v) is 10.2. The molecule has 16 heavy (non-hydrogen) atoms. The van der Waals surface area contributed by atoms with Gasteiger partial charge in [0.15, 0.2) is 0 Å². The van der Waals surface area contributed by atoms with E-state index in [9.17, 15) is 4.79 Å². The van der Waals surface area contributed by atoms with Gasteiger partial charge < -0.3 is 10.4 Å². The number of carbonyl (C=O) groups is 1. The van der Waals surface area contributed by atoms with Crippen molar-refractivity contribution < 1.29 is 9.90 Å². The summed E-state index contributed by atoms with van der Waals surface area (Å²) in [4.78, 5) is 11.4. The average molecular weight is 242 g/mol. The summed E-state index contributed by atoms with van der Waals surface area (Å²) in [7, 11) is 0. The molecule has 0 aromatic heterocycles. The van der Waals surface area contributed by atoms with E-state index in [0.29, 0.717) is 17.1 Å². The van der Waals surface area contributed by atoms with Gasteiger partial charge in [-0.15, -0.1) is 0 Å². The van der Waals surface area contributed by atoms with Crippen molar-refractivity contribution in [2.45, 2.75) is 27.0 Å². The molecule has 0 atom stereocenters. The summed E-state index contributed by atoms with van der Waals surface area (Å²) in [5.41, 5.74) is 1.61. The van der Waals surface area contributed by atoms with E-state index in [2.05, 4.69) is 5.32 Å². The van der Waals surface area contributed by atoms with Gasteiger partial charge in [-0.2, -0.15) is 0 Å². The summed E-state index contributed by atoms with van der Waals surface area (Å²) >= 11 is 5.86. The quantitative estimate of drug-likeness (QED) is 0.848. The highest BCUT2D eigenvalue weighted by atomic mass is 35.5. The Kier molecular flexibility index (Phi) is 4.77. The van der Waals surface area contributed by atoms with Crippen LogP contribution in [0.15, 0.2) is 18.2 Å². The van der Waals surface area contributed by atoms with Crippen molar-refractivity contribution in [3.8, 4) is 0 Å². The molecule has 0 spiro atoms. The minimum absolute atomic E-state index is 0.0144. The van der Waals surface area contributed by atoms with Crippen molar-refractivity contribution in [1.82, 2.24) is 5.32 Å². The topological polar surface area (TPSA) is 49.3 Å². The van der Waals surface area contributed by atoms with Crippen LogP contribution in [0, 0.1) is 5.92 Å². The summed E-state index contributed by atoms with van der Waals surface area (Å²) < 4.78 is 0. The maximum Gasteiger partial charge on any atom is 0.222 e. The van der Waals surface area contributed by atoms with Crippen molar-refractivity contribution in [3.63, 3.8) is 0 Å². The van der Waals surface area contributed by atoms with Gasteiger partial charge >= 0.3 is 0 Å². The van der Waals surface area contributed by atoms with E-state index in [-0.39, 0.29) is 18.4 Å². The van der Waals surface area contributed by atoms with Crippen molar-refractivity contribution >= 4 is 17.5 Å². The average Bonchev–Trinajstić information content (AvgIpc) is 2.27. The molecule has 0 fully saturated rings. The first-order valence-electron chi connectivity index (χ1n) is 5.20. The highest BCUT2D eigenvalue weighted by molar-refractivity contribution is 6.31. The van der Waals surface area contributed by atoms with E-state index < -0.39 is 0 Å². The molecule has 88 valence electrons. The number of aliphatic hydroxyl groups excluding tert-OH is 1. The number of benzene rings is 1. The highest BCUT2D eigenvalue weighted by Crippen LogP contribution is 2.17. The van der Waals surface area contributed by atoms with Crippen LogP contribution in [0.4, 0.5) is 0 Å². The molecule has 0 saturated carbocycles. The SMILES string of the molecule is CC(C)C(=O)NCc1ccc(Cl)c(CO)c1. The molecule has 4 heteroatoms. The van der Waals surface area contributed by atoms with Crippen LogP contribution in [0.25, 0.3) is 0 Å². The van der Waals surface area contributed by atoms with Crippen molar-refractivity contribution in [3.05, 3.63) is 34.3 Å². The van der Waals surface area contributed by atoms with E-state index in [4.69, 9.17) is 16.7 Å². The van der Waals surface area contributed by atoms with Gasteiger partial charge in [0.05, 0.1) is 6.61 Å². The summed E-state index contributed by atoms with van der Waals surface area (Å²) in [6, 6.07) is 5.36. The first-order valence-corrected chi connectivity index (χ1v) is 5.58. The van der Waals surface area contributed by atoms with E-state index in [1.54, 1.807) is 12.1 Å². The van der Waals surface area contributed by atoms with E-state index in [0.717, 1.165) is 5.56 Å². The van der Waals surface area contributed by atoms with E-state index >= 15 is 0 Å². The summed E-state index contributed by atoms with van der Waals surface area (Å²) in [6.07, 6.45) is 0. The normalized spacial score (nSPS) is 10.6. The molecule has 0 aliphatic rings. The van der Waals surface area contributed by atoms with Crippen LogP contribution >= 0.6 is 11.6 Å². The number of aliphatic hydroxyl groups is 1. The molecule has 0 aliphatic heterocycles. The number of halogens is 1. The lowest BCUT2D eigenvalue weighted by Crippen LogP contribution is -2.27. The van der Waals surface area contributed by atoms with Crippen molar-refractivity contribution in [2.75, 3.05) is 0 Å². The van der Waals surface area contributed by atoms with Gasteiger partial charge in [-0.3, -0.25) is 4.79 Å². The second kappa shape index (κ2) is 5.87. The molecule has 1 aromatic rings. The maximum atomic E-state index is 11.4. The fraction of sp³-hybridized carbons (Fsp3) is 0.417. The fourth-order valence-electron chi connectivity index (χ4n) is 1.25. The molecule has 0 heterocycles. The van der Waals surface area contributed by atoms with Crippen LogP contribution in [0.3, 0.4) is 0 Å². The van der Waals surface area contributed by atoms with Crippen LogP contribution in [-0.4, -0.2) is 11.0 Å². The molecule has 3 nitrogen and oxygen atoms in total. The molecule has 0 unspecified atom stereocenters. The molecule has 0 radical (unpaired) electrons. The second-order valence-corrected chi connectivity index (χ2v) is 4.36. The molecule has 2 N–H and O–H groups in total. The van der Waals surface area contributed by atoms with Crippen molar-refractivity contribution in [1.29, 1.82) is 0 Å². The molecule has 1 rings (SSSR count). The lowest BCUT2D eigenvalue weighted by Gasteiger charge is -2.09. The van der Waals surface area contributed by atoms with Crippen LogP contribution < -0.4 is 5.32 Å². The maximum absolute atomic E-state index is 11.4. The van der Waals surface area contributed by atoms with Gasteiger partial charge in [0.25, 0.3) is 0 Å². The molecule has 0 bridgehead atoms. The zero-order valence-electron chi connectivity index (χ0n) is 9.46. The monoisotopic (exact) mass is 241 g/mol. The Bertz CT molecular complexity index is 377. The highest BCUT2D eigenvalue weighted by Gasteiger charge is 2.06. The van der Waals surface area contributed by atoms with E-state index in [1.807, 2.05) is 19.9 Å². The van der Waals surface area contributed by atoms with Crippen LogP contribution in [0.1, 0.15) is 25.0 Å². The largest absolute Gasteiger partial charge is 0.392 e. The van der Waals surface area contributed by atoms with Gasteiger partial charge in [0.2, 0.25) is 5.91 Å². The number of hydrogen-bond acceptors (Lipinski definition) is 2. The Labute approximate surface area is 100 Å². The minimum atomic E-state index is -0.0925. The van der Waals surface area contributed by atoms with E-state index in [1.165, 1.54) is 0 Å². The summed E-state index contributed by atoms with van der Waals surface area (Å²) in [6.45, 7) is 4.05. The molecule has 1 aromatic carbocycles. The van der Waals surface area contributed by atoms with Gasteiger partial charge in [-0.25, -0.2) is 0 Å². The molecule has 0 aliphatic carbocycles. The Morgan fingerprint density at radius 2 is 2.19 bits per heavy atom. The zero-order chi connectivity index (χ0) is 12.1. The molecular weight excluding hydrogens is 226 g/mol. The number of carbonyl (C=O) groups excluding carboxylic acids is 1. The van der Waals surface area contributed by atoms with Crippen LogP contribution in [0.5, 0.6) is 0 Å². The number of amides is 1. The predicted molar refractivity (Wildman–Crippen MR) is 64.1 cm³/mol. The van der Waals surface area contributed by atoms with Crippen LogP contribution in [0.2, 0.25) is 5.02 Å². The van der Waals surface area contributed by atoms with Crippen molar-refractivity contribution in [2.24, 2.45) is 5.92 Å². The molecule has 0 saturated heterocycles. The first-order chi connectivity index (χ1) is 7.54. The number of nitrogens with one attached hydrogen (secondary N) is 1. The third-order valence-corrected chi connectivity index (χ3v) is 2.64. The second-order valence-electron chi connectivity index (χ2n) is 3.96. The smallest absolute Gasteiger partial charge is 0.222 e. The summed E-state index contributed by atoms with van der Waals surface area (Å²) in [5, 5.41) is 12.4. The molecule has 1 amide bonds. The Morgan fingerprint density at radius 3 is 2.75 bits per heavy atom.